The molecule has 0 spiro atoms. The van der Waals surface area contributed by atoms with Crippen molar-refractivity contribution in [3.63, 3.8) is 0 Å². The highest BCUT2D eigenvalue weighted by molar-refractivity contribution is 7.99. The average Bonchev–Trinajstić information content (AvgIpc) is 3.23. The number of amides is 1. The molecule has 4 rings (SSSR count). The number of hydrogen-bond acceptors (Lipinski definition) is 5. The van der Waals surface area contributed by atoms with E-state index in [-0.39, 0.29) is 17.2 Å². The predicted molar refractivity (Wildman–Crippen MR) is 130 cm³/mol. The second kappa shape index (κ2) is 9.08. The van der Waals surface area contributed by atoms with Crippen molar-refractivity contribution in [3.8, 4) is 5.69 Å². The van der Waals surface area contributed by atoms with E-state index in [0.717, 1.165) is 34.5 Å². The van der Waals surface area contributed by atoms with Crippen molar-refractivity contribution in [3.05, 3.63) is 81.0 Å². The van der Waals surface area contributed by atoms with Crippen LogP contribution in [0.3, 0.4) is 0 Å². The number of nitrogens with one attached hydrogen (secondary N) is 1. The third-order valence-corrected chi connectivity index (χ3v) is 6.88. The number of fused-ring (bicyclic) bond motifs is 1. The van der Waals surface area contributed by atoms with Gasteiger partial charge < -0.3 is 5.32 Å². The van der Waals surface area contributed by atoms with Gasteiger partial charge in [0.25, 0.3) is 5.56 Å². The van der Waals surface area contributed by atoms with Crippen LogP contribution >= 0.6 is 23.1 Å². The van der Waals surface area contributed by atoms with Crippen LogP contribution in [0.4, 0.5) is 5.69 Å². The summed E-state index contributed by atoms with van der Waals surface area (Å²) in [6.45, 7) is 6.04. The molecule has 0 aliphatic carbocycles. The van der Waals surface area contributed by atoms with Gasteiger partial charge in [-0.3, -0.25) is 14.2 Å². The fraction of sp³-hybridized carbons (Fsp3) is 0.208. The van der Waals surface area contributed by atoms with Crippen LogP contribution in [0.1, 0.15) is 23.6 Å². The Morgan fingerprint density at radius 1 is 1.16 bits per heavy atom. The number of hydrogen-bond donors (Lipinski definition) is 1. The first-order valence-electron chi connectivity index (χ1n) is 10.1. The van der Waals surface area contributed by atoms with Gasteiger partial charge in [-0.2, -0.15) is 0 Å². The Kier molecular flexibility index (Phi) is 6.25. The number of carbonyl (C=O) groups excluding carboxylic acids is 1. The Balaban J connectivity index is 1.65. The fourth-order valence-corrected chi connectivity index (χ4v) is 5.06. The number of anilines is 1. The molecule has 2 heterocycles. The highest BCUT2D eigenvalue weighted by Crippen LogP contribution is 2.25. The molecule has 1 amide bonds. The zero-order chi connectivity index (χ0) is 22.0. The van der Waals surface area contributed by atoms with E-state index in [1.54, 1.807) is 4.57 Å². The highest BCUT2D eigenvalue weighted by atomic mass is 32.2. The molecule has 2 aromatic carbocycles. The molecule has 0 fully saturated rings. The maximum absolute atomic E-state index is 13.2. The van der Waals surface area contributed by atoms with E-state index in [2.05, 4.69) is 17.2 Å². The molecular formula is C24H23N3O2S2. The second-order valence-corrected chi connectivity index (χ2v) is 9.17. The molecule has 2 aromatic heterocycles. The lowest BCUT2D eigenvalue weighted by Crippen LogP contribution is -2.22. The van der Waals surface area contributed by atoms with Crippen molar-refractivity contribution in [2.24, 2.45) is 0 Å². The van der Waals surface area contributed by atoms with Gasteiger partial charge >= 0.3 is 0 Å². The molecule has 0 atom stereocenters. The summed E-state index contributed by atoms with van der Waals surface area (Å²) in [4.78, 5) is 30.7. The number of thiophene rings is 1. The first-order chi connectivity index (χ1) is 15.0. The molecule has 31 heavy (non-hydrogen) atoms. The standard InChI is InChI=1S/C24H23N3O2S2/c1-4-17-9-6-8-16(3)21(17)26-20(28)14-31-24-25-19-11-12-30-22(19)23(29)27(24)18-10-5-7-15(2)13-18/h5-13H,4,14H2,1-3H3,(H,26,28). The minimum atomic E-state index is -0.121. The van der Waals surface area contributed by atoms with E-state index < -0.39 is 0 Å². The van der Waals surface area contributed by atoms with E-state index in [4.69, 9.17) is 0 Å². The van der Waals surface area contributed by atoms with Crippen LogP contribution in [0.25, 0.3) is 15.9 Å². The smallest absolute Gasteiger partial charge is 0.276 e. The number of aromatic nitrogens is 2. The quantitative estimate of drug-likeness (QED) is 0.318. The van der Waals surface area contributed by atoms with Gasteiger partial charge in [0, 0.05) is 5.69 Å². The van der Waals surface area contributed by atoms with E-state index in [0.29, 0.717) is 15.4 Å². The normalized spacial score (nSPS) is 11.1. The lowest BCUT2D eigenvalue weighted by molar-refractivity contribution is -0.113. The topological polar surface area (TPSA) is 64.0 Å². The molecule has 0 bridgehead atoms. The number of rotatable bonds is 6. The molecule has 4 aromatic rings. The number of thioether (sulfide) groups is 1. The SMILES string of the molecule is CCc1cccc(C)c1NC(=O)CSc1nc2ccsc2c(=O)n1-c1cccc(C)c1. The molecule has 0 saturated carbocycles. The summed E-state index contributed by atoms with van der Waals surface area (Å²) < 4.78 is 2.22. The first kappa shape index (κ1) is 21.3. The molecule has 5 nitrogen and oxygen atoms in total. The fourth-order valence-electron chi connectivity index (χ4n) is 3.49. The van der Waals surface area contributed by atoms with Crippen LogP contribution in [-0.2, 0) is 11.2 Å². The first-order valence-corrected chi connectivity index (χ1v) is 11.9. The number of nitrogens with zero attached hydrogens (tertiary/aromatic N) is 2. The highest BCUT2D eigenvalue weighted by Gasteiger charge is 2.16. The summed E-state index contributed by atoms with van der Waals surface area (Å²) in [6.07, 6.45) is 0.841. The van der Waals surface area contributed by atoms with Gasteiger partial charge in [-0.15, -0.1) is 11.3 Å². The van der Waals surface area contributed by atoms with E-state index in [9.17, 15) is 9.59 Å². The third kappa shape index (κ3) is 4.43. The van der Waals surface area contributed by atoms with Gasteiger partial charge in [0.05, 0.1) is 17.0 Å². The van der Waals surface area contributed by atoms with Crippen molar-refractivity contribution in [1.29, 1.82) is 0 Å². The Bertz CT molecular complexity index is 1320. The Hall–Kier alpha value is -2.90. The lowest BCUT2D eigenvalue weighted by Gasteiger charge is -2.14. The Morgan fingerprint density at radius 3 is 2.74 bits per heavy atom. The van der Waals surface area contributed by atoms with Crippen LogP contribution in [0.5, 0.6) is 0 Å². The molecule has 0 aliphatic rings. The minimum absolute atomic E-state index is 0.110. The lowest BCUT2D eigenvalue weighted by atomic mass is 10.1. The van der Waals surface area contributed by atoms with E-state index >= 15 is 0 Å². The Morgan fingerprint density at radius 2 is 1.97 bits per heavy atom. The maximum atomic E-state index is 13.2. The number of benzene rings is 2. The summed E-state index contributed by atoms with van der Waals surface area (Å²) in [5.74, 6) is 0.0372. The zero-order valence-electron chi connectivity index (χ0n) is 17.6. The summed E-state index contributed by atoms with van der Waals surface area (Å²) in [6, 6.07) is 15.6. The maximum Gasteiger partial charge on any atom is 0.276 e. The predicted octanol–water partition coefficient (Wildman–Crippen LogP) is 5.36. The van der Waals surface area contributed by atoms with Gasteiger partial charge in [0.1, 0.15) is 4.70 Å². The molecule has 0 radical (unpaired) electrons. The van der Waals surface area contributed by atoms with Crippen LogP contribution in [0, 0.1) is 13.8 Å². The molecule has 7 heteroatoms. The van der Waals surface area contributed by atoms with Gasteiger partial charge in [-0.05, 0) is 60.5 Å². The largest absolute Gasteiger partial charge is 0.325 e. The molecule has 0 aliphatic heterocycles. The van der Waals surface area contributed by atoms with Crippen molar-refractivity contribution < 1.29 is 4.79 Å². The van der Waals surface area contributed by atoms with Crippen molar-refractivity contribution in [2.75, 3.05) is 11.1 Å². The molecule has 0 unspecified atom stereocenters. The van der Waals surface area contributed by atoms with Crippen LogP contribution in [0.2, 0.25) is 0 Å². The molecule has 0 saturated heterocycles. The van der Waals surface area contributed by atoms with Gasteiger partial charge in [-0.1, -0.05) is 49.0 Å². The van der Waals surface area contributed by atoms with Gasteiger partial charge in [-0.25, -0.2) is 4.98 Å². The molecule has 158 valence electrons. The van der Waals surface area contributed by atoms with E-state index in [1.807, 2.05) is 67.8 Å². The van der Waals surface area contributed by atoms with E-state index in [1.165, 1.54) is 23.1 Å². The number of aryl methyl sites for hydroxylation is 3. The van der Waals surface area contributed by atoms with Crippen molar-refractivity contribution in [2.45, 2.75) is 32.3 Å². The Labute approximate surface area is 189 Å². The summed E-state index contributed by atoms with van der Waals surface area (Å²) in [5.41, 5.74) is 5.36. The second-order valence-electron chi connectivity index (χ2n) is 7.31. The average molecular weight is 450 g/mol. The monoisotopic (exact) mass is 449 g/mol. The van der Waals surface area contributed by atoms with Crippen LogP contribution < -0.4 is 10.9 Å². The van der Waals surface area contributed by atoms with Crippen LogP contribution in [-0.4, -0.2) is 21.2 Å². The van der Waals surface area contributed by atoms with Crippen LogP contribution in [0.15, 0.2) is 63.9 Å². The molecule has 1 N–H and O–H groups in total. The third-order valence-electron chi connectivity index (χ3n) is 5.05. The molecular weight excluding hydrogens is 426 g/mol. The summed E-state index contributed by atoms with van der Waals surface area (Å²) in [5, 5.41) is 5.42. The van der Waals surface area contributed by atoms with Crippen molar-refractivity contribution >= 4 is 44.9 Å². The van der Waals surface area contributed by atoms with Gasteiger partial charge in [0.15, 0.2) is 5.16 Å². The number of carbonyl (C=O) groups is 1. The minimum Gasteiger partial charge on any atom is -0.325 e. The van der Waals surface area contributed by atoms with Crippen molar-refractivity contribution in [1.82, 2.24) is 9.55 Å². The van der Waals surface area contributed by atoms with Gasteiger partial charge in [0.2, 0.25) is 5.91 Å². The summed E-state index contributed by atoms with van der Waals surface area (Å²) >= 11 is 2.65. The summed E-state index contributed by atoms with van der Waals surface area (Å²) in [7, 11) is 0. The zero-order valence-corrected chi connectivity index (χ0v) is 19.3. The number of para-hydroxylation sites is 1.